The summed E-state index contributed by atoms with van der Waals surface area (Å²) in [5.41, 5.74) is 6.72. The van der Waals surface area contributed by atoms with Gasteiger partial charge in [0.05, 0.1) is 26.3 Å². The van der Waals surface area contributed by atoms with E-state index in [1.165, 1.54) is 17.4 Å². The van der Waals surface area contributed by atoms with Crippen molar-refractivity contribution in [2.24, 2.45) is 11.1 Å². The molecule has 3 rings (SSSR count). The van der Waals surface area contributed by atoms with Gasteiger partial charge in [-0.15, -0.1) is 18.2 Å². The molecule has 11 nitrogen and oxygen atoms in total. The number of benzene rings is 2. The van der Waals surface area contributed by atoms with E-state index in [2.05, 4.69) is 38.5 Å². The van der Waals surface area contributed by atoms with Crippen LogP contribution < -0.4 is 30.9 Å². The highest BCUT2D eigenvalue weighted by Gasteiger charge is 2.26. The first-order chi connectivity index (χ1) is 21.9. The second-order valence-corrected chi connectivity index (χ2v) is 11.7. The topological polar surface area (TPSA) is 144 Å². The summed E-state index contributed by atoms with van der Waals surface area (Å²) in [6.45, 7) is 9.69. The third-order valence-corrected chi connectivity index (χ3v) is 7.98. The average Bonchev–Trinajstić information content (AvgIpc) is 3.08. The number of nitrogens with zero attached hydrogens (tertiary/aromatic N) is 4. The minimum atomic E-state index is -0.989. The molecule has 0 aromatic heterocycles. The highest BCUT2D eigenvalue weighted by Crippen LogP contribution is 2.29. The van der Waals surface area contributed by atoms with Gasteiger partial charge in [-0.2, -0.15) is 5.26 Å². The van der Waals surface area contributed by atoms with Crippen LogP contribution in [-0.2, 0) is 14.4 Å². The molecule has 2 aromatic rings. The molecule has 1 fully saturated rings. The van der Waals surface area contributed by atoms with Crippen LogP contribution in [0, 0.1) is 29.1 Å². The lowest BCUT2D eigenvalue weighted by molar-refractivity contribution is -0.126. The SMILES string of the molecule is C#CCNC(=O)C(C)(C)C#N.CCN.CNC(=O)C(SC)c1cccc(N(C)C(=O)CN2CCN(c3ccc(OC)cc3)CC2)c1. The lowest BCUT2D eigenvalue weighted by atomic mass is 9.95. The van der Waals surface area contributed by atoms with Gasteiger partial charge >= 0.3 is 0 Å². The fourth-order valence-corrected chi connectivity index (χ4v) is 4.97. The maximum absolute atomic E-state index is 12.9. The van der Waals surface area contributed by atoms with E-state index in [9.17, 15) is 14.4 Å². The molecule has 2 aromatic carbocycles. The fraction of sp³-hybridized carbons (Fsp3) is 0.471. The van der Waals surface area contributed by atoms with Gasteiger partial charge in [0.2, 0.25) is 17.7 Å². The Kier molecular flexibility index (Phi) is 17.9. The molecule has 46 heavy (non-hydrogen) atoms. The summed E-state index contributed by atoms with van der Waals surface area (Å²) in [6.07, 6.45) is 6.82. The van der Waals surface area contributed by atoms with Crippen molar-refractivity contribution in [2.45, 2.75) is 26.0 Å². The van der Waals surface area contributed by atoms with E-state index in [-0.39, 0.29) is 29.5 Å². The maximum atomic E-state index is 12.9. The zero-order valence-corrected chi connectivity index (χ0v) is 28.9. The van der Waals surface area contributed by atoms with Crippen molar-refractivity contribution in [1.82, 2.24) is 15.5 Å². The van der Waals surface area contributed by atoms with Crippen molar-refractivity contribution >= 4 is 40.9 Å². The number of carbonyl (C=O) groups excluding carboxylic acids is 3. The van der Waals surface area contributed by atoms with E-state index < -0.39 is 5.41 Å². The molecule has 0 saturated carbocycles. The van der Waals surface area contributed by atoms with Crippen LogP contribution in [0.1, 0.15) is 31.6 Å². The first-order valence-electron chi connectivity index (χ1n) is 15.0. The van der Waals surface area contributed by atoms with E-state index in [1.807, 2.05) is 55.6 Å². The Balaban J connectivity index is 0.000000635. The number of ether oxygens (including phenoxy) is 1. The van der Waals surface area contributed by atoms with Gasteiger partial charge in [-0.3, -0.25) is 19.3 Å². The first-order valence-corrected chi connectivity index (χ1v) is 16.3. The number of piperazine rings is 1. The van der Waals surface area contributed by atoms with Crippen molar-refractivity contribution < 1.29 is 19.1 Å². The molecule has 1 atom stereocenters. The summed E-state index contributed by atoms with van der Waals surface area (Å²) in [5, 5.41) is 13.3. The standard InChI is InChI=1S/C24H32N4O3S.C8H10N2O.C2H7N/c1-25-24(30)23(32-4)18-6-5-7-20(16-18)26(2)22(29)17-27-12-14-28(15-13-27)19-8-10-21(31-3)11-9-19;1-4-5-10-7(11)8(2,3)6-9;1-2-3/h5-11,16,23H,12-15,17H2,1-4H3,(H,25,30);1H,5H2,2-3H3,(H,10,11);2-3H2,1H3. The van der Waals surface area contributed by atoms with Crippen LogP contribution in [0.5, 0.6) is 5.75 Å². The molecule has 250 valence electrons. The highest BCUT2D eigenvalue weighted by molar-refractivity contribution is 7.99. The Morgan fingerprint density at radius 1 is 1.15 bits per heavy atom. The number of rotatable bonds is 10. The number of thioether (sulfide) groups is 1. The Hall–Kier alpha value is -4.23. The zero-order valence-electron chi connectivity index (χ0n) is 28.1. The Bertz CT molecular complexity index is 1330. The Labute approximate surface area is 278 Å². The van der Waals surface area contributed by atoms with Gasteiger partial charge in [-0.05, 0) is 68.6 Å². The largest absolute Gasteiger partial charge is 0.497 e. The summed E-state index contributed by atoms with van der Waals surface area (Å²) in [6, 6.07) is 17.6. The monoisotopic (exact) mass is 651 g/mol. The van der Waals surface area contributed by atoms with E-state index in [0.29, 0.717) is 6.54 Å². The molecule has 0 radical (unpaired) electrons. The zero-order chi connectivity index (χ0) is 34.7. The van der Waals surface area contributed by atoms with Crippen molar-refractivity contribution in [3.05, 3.63) is 54.1 Å². The molecule has 1 unspecified atom stereocenters. The summed E-state index contributed by atoms with van der Waals surface area (Å²) in [4.78, 5) is 42.3. The molecule has 3 amide bonds. The molecular weight excluding hydrogens is 602 g/mol. The third-order valence-electron chi connectivity index (χ3n) is 7.02. The van der Waals surface area contributed by atoms with Crippen LogP contribution in [0.25, 0.3) is 0 Å². The molecule has 1 heterocycles. The van der Waals surface area contributed by atoms with Gasteiger partial charge in [-0.25, -0.2) is 0 Å². The predicted molar refractivity (Wildman–Crippen MR) is 188 cm³/mol. The van der Waals surface area contributed by atoms with E-state index in [4.69, 9.17) is 22.2 Å². The molecule has 12 heteroatoms. The lowest BCUT2D eigenvalue weighted by Crippen LogP contribution is -2.49. The molecule has 0 spiro atoms. The van der Waals surface area contributed by atoms with Gasteiger partial charge in [0.15, 0.2) is 0 Å². The minimum Gasteiger partial charge on any atom is -0.497 e. The number of hydrogen-bond acceptors (Lipinski definition) is 9. The van der Waals surface area contributed by atoms with Crippen LogP contribution in [-0.4, -0.2) is 95.9 Å². The van der Waals surface area contributed by atoms with Crippen molar-refractivity contribution in [3.8, 4) is 24.2 Å². The van der Waals surface area contributed by atoms with Crippen molar-refractivity contribution in [2.75, 3.05) is 83.1 Å². The predicted octanol–water partition coefficient (Wildman–Crippen LogP) is 2.88. The maximum Gasteiger partial charge on any atom is 0.240 e. The van der Waals surface area contributed by atoms with Crippen LogP contribution in [0.4, 0.5) is 11.4 Å². The van der Waals surface area contributed by atoms with Gasteiger partial charge in [0.25, 0.3) is 0 Å². The number of nitrogens with two attached hydrogens (primary N) is 1. The molecule has 1 saturated heterocycles. The molecule has 0 bridgehead atoms. The van der Waals surface area contributed by atoms with Crippen molar-refractivity contribution in [3.63, 3.8) is 0 Å². The van der Waals surface area contributed by atoms with Gasteiger partial charge < -0.3 is 30.9 Å². The first kappa shape index (κ1) is 39.8. The van der Waals surface area contributed by atoms with Crippen LogP contribution in [0.3, 0.4) is 0 Å². The number of nitriles is 1. The number of amides is 3. The van der Waals surface area contributed by atoms with Crippen molar-refractivity contribution in [1.29, 1.82) is 5.26 Å². The summed E-state index contributed by atoms with van der Waals surface area (Å²) >= 11 is 1.48. The van der Waals surface area contributed by atoms with E-state index in [0.717, 1.165) is 49.7 Å². The van der Waals surface area contributed by atoms with Crippen LogP contribution in [0.15, 0.2) is 48.5 Å². The van der Waals surface area contributed by atoms with Gasteiger partial charge in [0, 0.05) is 51.6 Å². The second-order valence-electron chi connectivity index (χ2n) is 10.8. The number of terminal acetylenes is 1. The summed E-state index contributed by atoms with van der Waals surface area (Å²) in [7, 11) is 5.10. The summed E-state index contributed by atoms with van der Waals surface area (Å²) in [5.74, 6) is 2.77. The van der Waals surface area contributed by atoms with Gasteiger partial charge in [0.1, 0.15) is 16.4 Å². The minimum absolute atomic E-state index is 0.0423. The number of hydrogen-bond donors (Lipinski definition) is 3. The quantitative estimate of drug-likeness (QED) is 0.331. The number of methoxy groups -OCH3 is 1. The third kappa shape index (κ3) is 12.6. The lowest BCUT2D eigenvalue weighted by Gasteiger charge is -2.36. The second kappa shape index (κ2) is 20.7. The Morgan fingerprint density at radius 3 is 2.26 bits per heavy atom. The smallest absolute Gasteiger partial charge is 0.240 e. The molecule has 0 aliphatic carbocycles. The van der Waals surface area contributed by atoms with E-state index in [1.54, 1.807) is 40.0 Å². The number of likely N-dealkylation sites (N-methyl/N-ethyl adjacent to an activating group) is 2. The molecule has 1 aliphatic rings. The number of carbonyl (C=O) groups is 3. The van der Waals surface area contributed by atoms with E-state index >= 15 is 0 Å². The fourth-order valence-electron chi connectivity index (χ4n) is 4.22. The highest BCUT2D eigenvalue weighted by atomic mass is 32.2. The van der Waals surface area contributed by atoms with Crippen LogP contribution >= 0.6 is 11.8 Å². The normalized spacial score (nSPS) is 13.2. The average molecular weight is 652 g/mol. The Morgan fingerprint density at radius 2 is 1.76 bits per heavy atom. The van der Waals surface area contributed by atoms with Crippen LogP contribution in [0.2, 0.25) is 0 Å². The van der Waals surface area contributed by atoms with Gasteiger partial charge in [-0.1, -0.05) is 25.0 Å². The number of anilines is 2. The summed E-state index contributed by atoms with van der Waals surface area (Å²) < 4.78 is 5.23. The molecule has 4 N–H and O–H groups in total. The molecule has 1 aliphatic heterocycles. The number of nitrogens with one attached hydrogen (secondary N) is 2. The molecular formula is C34H49N7O4S.